The maximum absolute atomic E-state index is 9.76. The first-order chi connectivity index (χ1) is 3.15. The average molecular weight is 103 g/mol. The molecule has 0 bridgehead atoms. The molecule has 1 fully saturated rings. The number of rotatable bonds is 1. The van der Waals surface area contributed by atoms with E-state index in [2.05, 4.69) is 4.74 Å². The van der Waals surface area contributed by atoms with E-state index < -0.39 is 10.6 Å². The summed E-state index contributed by atoms with van der Waals surface area (Å²) in [6, 6.07) is 0. The van der Waals surface area contributed by atoms with E-state index in [0.29, 0.717) is 0 Å². The van der Waals surface area contributed by atoms with Crippen LogP contribution in [0.4, 0.5) is 0 Å². The monoisotopic (exact) mass is 103 g/mol. The van der Waals surface area contributed by atoms with E-state index >= 15 is 0 Å². The standard InChI is InChI=1S/C3H5NO3/c1-3(2-7-3)4(5)6/h2H2,1H3. The summed E-state index contributed by atoms with van der Waals surface area (Å²) >= 11 is 0. The molecule has 0 aromatic heterocycles. The molecule has 7 heavy (non-hydrogen) atoms. The molecule has 0 saturated carbocycles. The molecule has 40 valence electrons. The molecule has 0 radical (unpaired) electrons. The van der Waals surface area contributed by atoms with Crippen LogP contribution in [-0.4, -0.2) is 17.3 Å². The number of hydrogen-bond acceptors (Lipinski definition) is 3. The second-order valence-corrected chi connectivity index (χ2v) is 1.72. The molecule has 0 aromatic carbocycles. The fourth-order valence-electron chi connectivity index (χ4n) is 0.210. The van der Waals surface area contributed by atoms with Crippen LogP contribution >= 0.6 is 0 Å². The van der Waals surface area contributed by atoms with Gasteiger partial charge in [-0.3, -0.25) is 10.1 Å². The van der Waals surface area contributed by atoms with Gasteiger partial charge in [-0.05, 0) is 0 Å². The predicted octanol–water partition coefficient (Wildman–Crippen LogP) is 0.00950. The van der Waals surface area contributed by atoms with Gasteiger partial charge in [0.25, 0.3) is 0 Å². The van der Waals surface area contributed by atoms with Gasteiger partial charge in [-0.1, -0.05) is 0 Å². The fraction of sp³-hybridized carbons (Fsp3) is 1.00. The first-order valence-corrected chi connectivity index (χ1v) is 1.94. The number of nitrogens with zero attached hydrogens (tertiary/aromatic N) is 1. The zero-order valence-electron chi connectivity index (χ0n) is 3.88. The smallest absolute Gasteiger partial charge is 0.303 e. The van der Waals surface area contributed by atoms with E-state index in [1.54, 1.807) is 0 Å². The summed E-state index contributed by atoms with van der Waals surface area (Å²) < 4.78 is 4.46. The molecule has 1 unspecified atom stereocenters. The van der Waals surface area contributed by atoms with E-state index in [-0.39, 0.29) is 6.61 Å². The summed E-state index contributed by atoms with van der Waals surface area (Å²) in [5.41, 5.74) is -1.03. The molecule has 1 aliphatic heterocycles. The molecule has 4 heteroatoms. The Labute approximate surface area is 40.2 Å². The zero-order chi connectivity index (χ0) is 5.49. The first kappa shape index (κ1) is 4.52. The van der Waals surface area contributed by atoms with Crippen molar-refractivity contribution in [3.63, 3.8) is 0 Å². The van der Waals surface area contributed by atoms with Crippen molar-refractivity contribution in [1.29, 1.82) is 0 Å². The van der Waals surface area contributed by atoms with Crippen molar-refractivity contribution >= 4 is 0 Å². The summed E-state index contributed by atoms with van der Waals surface area (Å²) in [7, 11) is 0. The lowest BCUT2D eigenvalue weighted by molar-refractivity contribution is -0.557. The summed E-state index contributed by atoms with van der Waals surface area (Å²) in [5.74, 6) is 0. The molecule has 1 saturated heterocycles. The first-order valence-electron chi connectivity index (χ1n) is 1.94. The Balaban J connectivity index is 2.55. The molecule has 0 aromatic rings. The van der Waals surface area contributed by atoms with Gasteiger partial charge in [0.2, 0.25) is 0 Å². The Morgan fingerprint density at radius 1 is 2.00 bits per heavy atom. The van der Waals surface area contributed by atoms with Gasteiger partial charge in [-0.2, -0.15) is 0 Å². The molecule has 1 rings (SSSR count). The molecular formula is C3H5NO3. The molecule has 1 heterocycles. The van der Waals surface area contributed by atoms with Gasteiger partial charge < -0.3 is 4.74 Å². The van der Waals surface area contributed by atoms with Crippen LogP contribution in [0.2, 0.25) is 0 Å². The van der Waals surface area contributed by atoms with Crippen molar-refractivity contribution in [3.8, 4) is 0 Å². The second kappa shape index (κ2) is 0.949. The van der Waals surface area contributed by atoms with E-state index in [9.17, 15) is 10.1 Å². The number of hydrogen-bond donors (Lipinski definition) is 0. The third-order valence-electron chi connectivity index (χ3n) is 0.948. The van der Waals surface area contributed by atoms with Gasteiger partial charge >= 0.3 is 5.72 Å². The molecule has 0 amide bonds. The molecule has 1 atom stereocenters. The molecular weight excluding hydrogens is 98.0 g/mol. The second-order valence-electron chi connectivity index (χ2n) is 1.72. The molecule has 4 nitrogen and oxygen atoms in total. The van der Waals surface area contributed by atoms with Crippen LogP contribution in [0.5, 0.6) is 0 Å². The van der Waals surface area contributed by atoms with Gasteiger partial charge in [0, 0.05) is 6.92 Å². The van der Waals surface area contributed by atoms with Gasteiger partial charge in [0.05, 0.1) is 4.92 Å². The third-order valence-corrected chi connectivity index (χ3v) is 0.948. The Morgan fingerprint density at radius 3 is 2.43 bits per heavy atom. The van der Waals surface area contributed by atoms with Gasteiger partial charge in [-0.25, -0.2) is 0 Å². The predicted molar refractivity (Wildman–Crippen MR) is 21.4 cm³/mol. The minimum Gasteiger partial charge on any atom is -0.303 e. The highest BCUT2D eigenvalue weighted by atomic mass is 16.7. The minimum atomic E-state index is -1.03. The summed E-state index contributed by atoms with van der Waals surface area (Å²) in [5, 5.41) is 9.76. The Hall–Kier alpha value is -0.640. The van der Waals surface area contributed by atoms with E-state index in [1.807, 2.05) is 0 Å². The van der Waals surface area contributed by atoms with Crippen molar-refractivity contribution in [1.82, 2.24) is 0 Å². The average Bonchev–Trinajstić information content (AvgIpc) is 2.21. The SMILES string of the molecule is CC1([N+](=O)[O-])CO1. The lowest BCUT2D eigenvalue weighted by Gasteiger charge is -1.88. The molecule has 1 aliphatic rings. The van der Waals surface area contributed by atoms with Gasteiger partial charge in [0.15, 0.2) is 6.61 Å². The van der Waals surface area contributed by atoms with Crippen LogP contribution < -0.4 is 0 Å². The van der Waals surface area contributed by atoms with Crippen molar-refractivity contribution in [2.24, 2.45) is 0 Å². The minimum absolute atomic E-state index is 0.264. The van der Waals surface area contributed by atoms with Crippen molar-refractivity contribution in [3.05, 3.63) is 10.1 Å². The highest BCUT2D eigenvalue weighted by Crippen LogP contribution is 2.25. The number of ether oxygens (including phenoxy) is 1. The summed E-state index contributed by atoms with van der Waals surface area (Å²) in [4.78, 5) is 9.34. The quantitative estimate of drug-likeness (QED) is 0.267. The van der Waals surface area contributed by atoms with Gasteiger partial charge in [0.1, 0.15) is 0 Å². The van der Waals surface area contributed by atoms with Crippen molar-refractivity contribution < 1.29 is 9.66 Å². The Morgan fingerprint density at radius 2 is 2.43 bits per heavy atom. The Kier molecular flexibility index (Phi) is 0.613. The van der Waals surface area contributed by atoms with Crippen molar-refractivity contribution in [2.75, 3.05) is 6.61 Å². The molecule has 0 spiro atoms. The normalized spacial score (nSPS) is 37.9. The van der Waals surface area contributed by atoms with E-state index in [4.69, 9.17) is 0 Å². The number of nitro groups is 1. The zero-order valence-corrected chi connectivity index (χ0v) is 3.88. The van der Waals surface area contributed by atoms with Crippen LogP contribution in [0.1, 0.15) is 6.92 Å². The lowest BCUT2D eigenvalue weighted by atomic mass is 10.4. The van der Waals surface area contributed by atoms with Crippen molar-refractivity contribution in [2.45, 2.75) is 12.6 Å². The fourth-order valence-corrected chi connectivity index (χ4v) is 0.210. The van der Waals surface area contributed by atoms with Crippen LogP contribution in [-0.2, 0) is 4.74 Å². The van der Waals surface area contributed by atoms with Crippen LogP contribution in [0.15, 0.2) is 0 Å². The van der Waals surface area contributed by atoms with Crippen LogP contribution in [0.25, 0.3) is 0 Å². The van der Waals surface area contributed by atoms with E-state index in [0.717, 1.165) is 0 Å². The van der Waals surface area contributed by atoms with Crippen LogP contribution in [0, 0.1) is 10.1 Å². The molecule has 0 N–H and O–H groups in total. The largest absolute Gasteiger partial charge is 0.345 e. The van der Waals surface area contributed by atoms with Gasteiger partial charge in [-0.15, -0.1) is 0 Å². The Bertz CT molecular complexity index is 107. The maximum atomic E-state index is 9.76. The summed E-state index contributed by atoms with van der Waals surface area (Å²) in [6.45, 7) is 1.72. The lowest BCUT2D eigenvalue weighted by Crippen LogP contribution is -2.17. The van der Waals surface area contributed by atoms with Crippen LogP contribution in [0.3, 0.4) is 0 Å². The number of epoxide rings is 1. The highest BCUT2D eigenvalue weighted by Gasteiger charge is 2.53. The summed E-state index contributed by atoms with van der Waals surface area (Å²) in [6.07, 6.45) is 0. The van der Waals surface area contributed by atoms with E-state index in [1.165, 1.54) is 6.92 Å². The third kappa shape index (κ3) is 0.564. The topological polar surface area (TPSA) is 55.7 Å². The molecule has 0 aliphatic carbocycles. The maximum Gasteiger partial charge on any atom is 0.345 e. The highest BCUT2D eigenvalue weighted by molar-refractivity contribution is 4.72.